The van der Waals surface area contributed by atoms with Gasteiger partial charge in [-0.25, -0.2) is 28.7 Å². The number of aromatic nitrogens is 6. The number of carboxylic acid groups (broad SMARTS) is 2. The Morgan fingerprint density at radius 1 is 0.740 bits per heavy atom. The Balaban J connectivity index is 1.43. The Bertz CT molecular complexity index is 1680. The lowest BCUT2D eigenvalue weighted by Gasteiger charge is -2.45. The first-order valence-corrected chi connectivity index (χ1v) is 16.3. The van der Waals surface area contributed by atoms with Crippen LogP contribution >= 0.6 is 0 Å². The second kappa shape index (κ2) is 16.7. The van der Waals surface area contributed by atoms with E-state index in [0.717, 1.165) is 25.7 Å². The Labute approximate surface area is 286 Å². The van der Waals surface area contributed by atoms with Crippen molar-refractivity contribution in [3.8, 4) is 0 Å². The first-order chi connectivity index (χ1) is 24.1. The largest absolute Gasteiger partial charge is 0.477 e. The van der Waals surface area contributed by atoms with Crippen LogP contribution in [-0.2, 0) is 26.2 Å². The maximum absolute atomic E-state index is 11.7. The monoisotopic (exact) mass is 690 g/mol. The van der Waals surface area contributed by atoms with E-state index in [1.165, 1.54) is 33.7 Å². The molecule has 0 amide bonds. The molecule has 4 heterocycles. The van der Waals surface area contributed by atoms with Gasteiger partial charge in [0.2, 0.25) is 0 Å². The van der Waals surface area contributed by atoms with E-state index in [0.29, 0.717) is 63.5 Å². The van der Waals surface area contributed by atoms with Crippen LogP contribution in [0.15, 0.2) is 61.2 Å². The number of imidazole rings is 2. The number of rotatable bonds is 18. The lowest BCUT2D eigenvalue weighted by atomic mass is 9.87. The first kappa shape index (κ1) is 35.7. The highest BCUT2D eigenvalue weighted by atomic mass is 16.6. The number of pyridine rings is 2. The van der Waals surface area contributed by atoms with Crippen LogP contribution < -0.4 is 0 Å². The Morgan fingerprint density at radius 3 is 1.54 bits per heavy atom. The number of hydrogen-bond donors (Lipinski definition) is 2. The maximum atomic E-state index is 11.7. The van der Waals surface area contributed by atoms with Crippen LogP contribution in [0.25, 0.3) is 0 Å². The number of carboxylic acids is 2. The summed E-state index contributed by atoms with van der Waals surface area (Å²) >= 11 is 0. The summed E-state index contributed by atoms with van der Waals surface area (Å²) < 4.78 is 2.98. The van der Waals surface area contributed by atoms with Crippen molar-refractivity contribution in [3.05, 3.63) is 104 Å². The summed E-state index contributed by atoms with van der Waals surface area (Å²) in [6.45, 7) is 2.36. The topological polar surface area (TPSA) is 229 Å². The fourth-order valence-corrected chi connectivity index (χ4v) is 6.64. The molecule has 2 N–H and O–H groups in total. The third-order valence-corrected chi connectivity index (χ3v) is 8.82. The summed E-state index contributed by atoms with van der Waals surface area (Å²) in [4.78, 5) is 66.3. The van der Waals surface area contributed by atoms with Gasteiger partial charge in [-0.2, -0.15) is 0 Å². The zero-order chi connectivity index (χ0) is 35.6. The molecule has 0 unspecified atom stereocenters. The molecular formula is C32H38N10O8. The molecule has 0 aromatic carbocycles. The molecule has 1 fully saturated rings. The third-order valence-electron chi connectivity index (χ3n) is 8.82. The number of aromatic carboxylic acids is 2. The molecule has 5 rings (SSSR count). The molecule has 0 saturated heterocycles. The minimum absolute atomic E-state index is 0.0537. The van der Waals surface area contributed by atoms with Crippen LogP contribution in [0, 0.1) is 20.2 Å². The van der Waals surface area contributed by atoms with E-state index < -0.39 is 21.8 Å². The molecule has 1 aliphatic rings. The predicted molar refractivity (Wildman–Crippen MR) is 176 cm³/mol. The fraction of sp³-hybridized carbons (Fsp3) is 0.438. The van der Waals surface area contributed by atoms with Gasteiger partial charge in [0.1, 0.15) is 36.2 Å². The zero-order valence-electron chi connectivity index (χ0n) is 27.2. The second-order valence-electron chi connectivity index (χ2n) is 12.1. The summed E-state index contributed by atoms with van der Waals surface area (Å²) in [5.74, 6) is -2.77. The molecule has 264 valence electrons. The van der Waals surface area contributed by atoms with Crippen LogP contribution in [0.4, 0.5) is 11.9 Å². The van der Waals surface area contributed by atoms with Gasteiger partial charge < -0.3 is 30.4 Å². The summed E-state index contributed by atoms with van der Waals surface area (Å²) in [5, 5.41) is 42.1. The molecule has 4 aromatic heterocycles. The molecule has 0 bridgehead atoms. The number of aryl methyl sites for hydroxylation is 2. The zero-order valence-corrected chi connectivity index (χ0v) is 27.2. The van der Waals surface area contributed by atoms with Crippen molar-refractivity contribution in [2.24, 2.45) is 0 Å². The smallest absolute Gasteiger partial charge is 0.434 e. The summed E-state index contributed by atoms with van der Waals surface area (Å²) in [7, 11) is 0. The lowest BCUT2D eigenvalue weighted by Crippen LogP contribution is -2.53. The van der Waals surface area contributed by atoms with E-state index in [1.807, 2.05) is 0 Å². The molecule has 0 radical (unpaired) electrons. The van der Waals surface area contributed by atoms with E-state index >= 15 is 0 Å². The minimum Gasteiger partial charge on any atom is -0.477 e. The molecule has 2 atom stereocenters. The van der Waals surface area contributed by atoms with E-state index in [-0.39, 0.29) is 35.4 Å². The average molecular weight is 691 g/mol. The Hall–Kier alpha value is -5.62. The molecule has 18 nitrogen and oxygen atoms in total. The minimum atomic E-state index is -1.14. The quantitative estimate of drug-likeness (QED) is 0.112. The van der Waals surface area contributed by atoms with E-state index in [1.54, 1.807) is 36.7 Å². The van der Waals surface area contributed by atoms with Gasteiger partial charge >= 0.3 is 23.8 Å². The van der Waals surface area contributed by atoms with Crippen molar-refractivity contribution in [3.63, 3.8) is 0 Å². The lowest BCUT2D eigenvalue weighted by molar-refractivity contribution is -0.396. The average Bonchev–Trinajstić information content (AvgIpc) is 3.78. The Kier molecular flexibility index (Phi) is 11.9. The first-order valence-electron chi connectivity index (χ1n) is 16.3. The van der Waals surface area contributed by atoms with Gasteiger partial charge in [-0.1, -0.05) is 34.9 Å². The van der Waals surface area contributed by atoms with E-state index in [2.05, 4.69) is 29.7 Å². The number of nitro groups is 2. The summed E-state index contributed by atoms with van der Waals surface area (Å²) in [5.41, 5.74) is 0.989. The Morgan fingerprint density at radius 2 is 1.16 bits per heavy atom. The molecule has 50 heavy (non-hydrogen) atoms. The van der Waals surface area contributed by atoms with Gasteiger partial charge in [0.15, 0.2) is 0 Å². The highest BCUT2D eigenvalue weighted by Crippen LogP contribution is 2.30. The second-order valence-corrected chi connectivity index (χ2v) is 12.1. The molecule has 1 aliphatic carbocycles. The van der Waals surface area contributed by atoms with Crippen LogP contribution in [0.3, 0.4) is 0 Å². The normalized spacial score (nSPS) is 16.1. The van der Waals surface area contributed by atoms with E-state index in [4.69, 9.17) is 0 Å². The molecular weight excluding hydrogens is 652 g/mol. The molecule has 0 spiro atoms. The SMILES string of the molecule is O=C(O)c1cccc(CN(CCCn2ccnc2[N+](=O)[O-])[C@@H]2CCCC[C@H]2N(CCCn2ccnc2[N+](=O)[O-])Cc2cccc(C(=O)O)n2)n1. The molecule has 4 aromatic rings. The van der Waals surface area contributed by atoms with Crippen molar-refractivity contribution in [1.82, 2.24) is 38.9 Å². The van der Waals surface area contributed by atoms with Gasteiger partial charge in [-0.15, -0.1) is 0 Å². The number of carbonyl (C=O) groups is 2. The summed E-state index contributed by atoms with van der Waals surface area (Å²) in [6.07, 6.45) is 10.5. The molecule has 0 aliphatic heterocycles. The highest BCUT2D eigenvalue weighted by molar-refractivity contribution is 5.85. The summed E-state index contributed by atoms with van der Waals surface area (Å²) in [6, 6.07) is 9.61. The predicted octanol–water partition coefficient (Wildman–Crippen LogP) is 3.88. The van der Waals surface area contributed by atoms with Gasteiger partial charge in [-0.05, 0) is 59.8 Å². The van der Waals surface area contributed by atoms with Crippen molar-refractivity contribution < 1.29 is 29.6 Å². The van der Waals surface area contributed by atoms with Crippen LogP contribution in [0.1, 0.15) is 70.9 Å². The maximum Gasteiger partial charge on any atom is 0.434 e. The highest BCUT2D eigenvalue weighted by Gasteiger charge is 2.35. The van der Waals surface area contributed by atoms with Crippen LogP contribution in [-0.4, -0.2) is 96.0 Å². The van der Waals surface area contributed by atoms with Gasteiger partial charge in [0, 0.05) is 38.3 Å². The van der Waals surface area contributed by atoms with Crippen molar-refractivity contribution in [2.75, 3.05) is 13.1 Å². The number of nitrogens with zero attached hydrogens (tertiary/aromatic N) is 10. The van der Waals surface area contributed by atoms with Crippen molar-refractivity contribution in [2.45, 2.75) is 76.8 Å². The van der Waals surface area contributed by atoms with Crippen LogP contribution in [0.5, 0.6) is 0 Å². The van der Waals surface area contributed by atoms with E-state index in [9.17, 15) is 40.0 Å². The fourth-order valence-electron chi connectivity index (χ4n) is 6.64. The molecule has 1 saturated carbocycles. The standard InChI is InChI=1S/C32H38N10O8/c43-29(44)25-9-3-7-23(35-25)21-39(17-5-15-37-19-13-33-31(37)41(47)48)27-11-1-2-12-28(27)40(22-24-8-4-10-26(36-24)30(45)46)18-6-16-38-20-14-34-32(38)42(49)50/h3-4,7-10,13-14,19-20,27-28H,1-2,5-6,11-12,15-18,21-22H2,(H,43,44)(H,45,46)/t27-,28-/m1/s1. The van der Waals surface area contributed by atoms with Gasteiger partial charge in [-0.3, -0.25) is 9.80 Å². The van der Waals surface area contributed by atoms with Crippen LogP contribution in [0.2, 0.25) is 0 Å². The third kappa shape index (κ3) is 9.08. The molecule has 18 heteroatoms. The number of hydrogen-bond acceptors (Lipinski definition) is 12. The van der Waals surface area contributed by atoms with Gasteiger partial charge in [0.25, 0.3) is 0 Å². The van der Waals surface area contributed by atoms with Gasteiger partial charge in [0.05, 0.1) is 24.5 Å². The van der Waals surface area contributed by atoms with Crippen molar-refractivity contribution in [1.29, 1.82) is 0 Å². The van der Waals surface area contributed by atoms with Crippen molar-refractivity contribution >= 4 is 23.8 Å².